The summed E-state index contributed by atoms with van der Waals surface area (Å²) in [5.41, 5.74) is 5.05. The number of hydrogen-bond donors (Lipinski definition) is 1. The van der Waals surface area contributed by atoms with Gasteiger partial charge in [-0.05, 0) is 5.56 Å². The molecule has 1 N–H and O–H groups in total. The smallest absolute Gasteiger partial charge is 0.131 e. The molecule has 0 saturated heterocycles. The van der Waals surface area contributed by atoms with Gasteiger partial charge in [0.05, 0.1) is 11.4 Å². The van der Waals surface area contributed by atoms with Crippen molar-refractivity contribution < 1.29 is 4.39 Å². The Morgan fingerprint density at radius 2 is 1.95 bits per heavy atom. The number of aromatic nitrogens is 2. The number of alkyl halides is 1. The second kappa shape index (κ2) is 6.13. The molecule has 0 radical (unpaired) electrons. The summed E-state index contributed by atoms with van der Waals surface area (Å²) in [6.07, 6.45) is 0. The first-order valence-electron chi connectivity index (χ1n) is 7.86. The molecule has 0 aliphatic carbocycles. The van der Waals surface area contributed by atoms with Crippen LogP contribution in [0.2, 0.25) is 0 Å². The van der Waals surface area contributed by atoms with Crippen LogP contribution in [-0.4, -0.2) is 16.5 Å². The Hall–Kier alpha value is -1.81. The highest BCUT2D eigenvalue weighted by Crippen LogP contribution is 2.31. The number of benzene rings is 1. The zero-order valence-corrected chi connectivity index (χ0v) is 13.4. The van der Waals surface area contributed by atoms with Crippen LogP contribution in [0.5, 0.6) is 0 Å². The van der Waals surface area contributed by atoms with E-state index in [1.165, 1.54) is 5.56 Å². The summed E-state index contributed by atoms with van der Waals surface area (Å²) < 4.78 is 12.7. The fourth-order valence-electron chi connectivity index (χ4n) is 2.86. The number of halogens is 1. The van der Waals surface area contributed by atoms with Crippen LogP contribution in [0, 0.1) is 0 Å². The van der Waals surface area contributed by atoms with Crippen molar-refractivity contribution in [3.8, 4) is 11.3 Å². The van der Waals surface area contributed by atoms with E-state index in [2.05, 4.69) is 26.1 Å². The van der Waals surface area contributed by atoms with Crippen LogP contribution in [0.1, 0.15) is 55.3 Å². The predicted octanol–water partition coefficient (Wildman–Crippen LogP) is 3.94. The molecule has 0 saturated carbocycles. The minimum atomic E-state index is -0.433. The van der Waals surface area contributed by atoms with E-state index < -0.39 is 6.67 Å². The summed E-state index contributed by atoms with van der Waals surface area (Å²) in [6.45, 7) is 7.73. The molecule has 0 amide bonds. The van der Waals surface area contributed by atoms with Crippen LogP contribution in [0.4, 0.5) is 4.39 Å². The van der Waals surface area contributed by atoms with Crippen LogP contribution in [0.15, 0.2) is 24.3 Å². The van der Waals surface area contributed by atoms with Crippen molar-refractivity contribution in [2.45, 2.75) is 45.8 Å². The van der Waals surface area contributed by atoms with Crippen LogP contribution in [0.25, 0.3) is 11.3 Å². The third-order valence-electron chi connectivity index (χ3n) is 4.17. The van der Waals surface area contributed by atoms with Gasteiger partial charge in [0.1, 0.15) is 12.5 Å². The molecule has 4 heteroatoms. The van der Waals surface area contributed by atoms with Gasteiger partial charge in [-0.1, -0.05) is 45.0 Å². The second-order valence-corrected chi connectivity index (χ2v) is 6.31. The molecule has 3 nitrogen and oxygen atoms in total. The van der Waals surface area contributed by atoms with Crippen molar-refractivity contribution in [1.82, 2.24) is 15.3 Å². The highest BCUT2D eigenvalue weighted by molar-refractivity contribution is 5.65. The summed E-state index contributed by atoms with van der Waals surface area (Å²) in [7, 11) is 0. The average Bonchev–Trinajstić information content (AvgIpc) is 2.54. The Morgan fingerprint density at radius 3 is 2.59 bits per heavy atom. The molecule has 0 fully saturated rings. The maximum absolute atomic E-state index is 12.7. The Morgan fingerprint density at radius 1 is 1.23 bits per heavy atom. The molecule has 2 aromatic rings. The summed E-state index contributed by atoms with van der Waals surface area (Å²) in [5.74, 6) is 1.56. The van der Waals surface area contributed by atoms with Crippen molar-refractivity contribution in [1.29, 1.82) is 0 Å². The molecule has 1 atom stereocenters. The summed E-state index contributed by atoms with van der Waals surface area (Å²) in [6, 6.07) is 7.58. The van der Waals surface area contributed by atoms with Crippen LogP contribution >= 0.6 is 0 Å². The standard InChI is InChI=1S/C18H22FN3/c1-11(2)18-21-16-12(3)9-20-10-15(16)17(22-18)14-6-4-13(8-19)5-7-14/h4-7,11-12,20H,8-10H2,1-3H3. The summed E-state index contributed by atoms with van der Waals surface area (Å²) in [4.78, 5) is 9.60. The summed E-state index contributed by atoms with van der Waals surface area (Å²) in [5, 5.41) is 3.43. The van der Waals surface area contributed by atoms with Gasteiger partial charge in [-0.2, -0.15) is 0 Å². The lowest BCUT2D eigenvalue weighted by Crippen LogP contribution is -2.29. The lowest BCUT2D eigenvalue weighted by Gasteiger charge is -2.25. The number of hydrogen-bond acceptors (Lipinski definition) is 3. The highest BCUT2D eigenvalue weighted by atomic mass is 19.1. The van der Waals surface area contributed by atoms with Gasteiger partial charge < -0.3 is 5.32 Å². The minimum absolute atomic E-state index is 0.288. The third-order valence-corrected chi connectivity index (χ3v) is 4.17. The molecular weight excluding hydrogens is 277 g/mol. The Labute approximate surface area is 131 Å². The quantitative estimate of drug-likeness (QED) is 0.932. The minimum Gasteiger partial charge on any atom is -0.312 e. The topological polar surface area (TPSA) is 37.8 Å². The maximum Gasteiger partial charge on any atom is 0.131 e. The average molecular weight is 299 g/mol. The second-order valence-electron chi connectivity index (χ2n) is 6.31. The first kappa shape index (κ1) is 15.1. The Bertz CT molecular complexity index is 665. The monoisotopic (exact) mass is 299 g/mol. The molecule has 3 rings (SSSR count). The van der Waals surface area contributed by atoms with Crippen molar-refractivity contribution >= 4 is 0 Å². The highest BCUT2D eigenvalue weighted by Gasteiger charge is 2.24. The number of nitrogens with one attached hydrogen (secondary N) is 1. The molecule has 0 spiro atoms. The fourth-order valence-corrected chi connectivity index (χ4v) is 2.86. The van der Waals surface area contributed by atoms with E-state index in [0.29, 0.717) is 11.5 Å². The first-order valence-corrected chi connectivity index (χ1v) is 7.86. The van der Waals surface area contributed by atoms with Gasteiger partial charge in [0.2, 0.25) is 0 Å². The SMILES string of the molecule is CC(C)c1nc(-c2ccc(CF)cc2)c2c(n1)C(C)CNC2. The number of rotatable bonds is 3. The van der Waals surface area contributed by atoms with Gasteiger partial charge in [-0.3, -0.25) is 0 Å². The van der Waals surface area contributed by atoms with E-state index in [0.717, 1.165) is 35.9 Å². The molecule has 116 valence electrons. The van der Waals surface area contributed by atoms with Gasteiger partial charge in [-0.25, -0.2) is 14.4 Å². The molecule has 1 aromatic heterocycles. The number of nitrogens with zero attached hydrogens (tertiary/aromatic N) is 2. The van der Waals surface area contributed by atoms with E-state index in [4.69, 9.17) is 9.97 Å². The third kappa shape index (κ3) is 2.75. The molecule has 22 heavy (non-hydrogen) atoms. The molecule has 1 aliphatic heterocycles. The van der Waals surface area contributed by atoms with Crippen molar-refractivity contribution in [2.24, 2.45) is 0 Å². The Kier molecular flexibility index (Phi) is 4.21. The molecule has 2 heterocycles. The van der Waals surface area contributed by atoms with E-state index >= 15 is 0 Å². The van der Waals surface area contributed by atoms with Crippen LogP contribution in [-0.2, 0) is 13.2 Å². The molecule has 0 bridgehead atoms. The lowest BCUT2D eigenvalue weighted by molar-refractivity contribution is 0.485. The van der Waals surface area contributed by atoms with Crippen LogP contribution in [0.3, 0.4) is 0 Å². The van der Waals surface area contributed by atoms with E-state index in [1.54, 1.807) is 0 Å². The van der Waals surface area contributed by atoms with E-state index in [1.807, 2.05) is 24.3 Å². The van der Waals surface area contributed by atoms with Crippen molar-refractivity contribution in [3.05, 3.63) is 46.9 Å². The fraction of sp³-hybridized carbons (Fsp3) is 0.444. The molecule has 1 aliphatic rings. The Balaban J connectivity index is 2.15. The largest absolute Gasteiger partial charge is 0.312 e. The van der Waals surface area contributed by atoms with Gasteiger partial charge in [0, 0.05) is 36.1 Å². The lowest BCUT2D eigenvalue weighted by atomic mass is 9.93. The zero-order chi connectivity index (χ0) is 15.7. The van der Waals surface area contributed by atoms with Crippen LogP contribution < -0.4 is 5.32 Å². The maximum atomic E-state index is 12.7. The zero-order valence-electron chi connectivity index (χ0n) is 13.4. The summed E-state index contributed by atoms with van der Waals surface area (Å²) >= 11 is 0. The van der Waals surface area contributed by atoms with Gasteiger partial charge in [0.25, 0.3) is 0 Å². The predicted molar refractivity (Wildman–Crippen MR) is 86.5 cm³/mol. The van der Waals surface area contributed by atoms with Crippen molar-refractivity contribution in [2.75, 3.05) is 6.54 Å². The normalized spacial score (nSPS) is 17.6. The number of fused-ring (bicyclic) bond motifs is 1. The molecular formula is C18H22FN3. The van der Waals surface area contributed by atoms with Crippen molar-refractivity contribution in [3.63, 3.8) is 0 Å². The van der Waals surface area contributed by atoms with Gasteiger partial charge >= 0.3 is 0 Å². The van der Waals surface area contributed by atoms with Gasteiger partial charge in [-0.15, -0.1) is 0 Å². The van der Waals surface area contributed by atoms with E-state index in [9.17, 15) is 4.39 Å². The van der Waals surface area contributed by atoms with E-state index in [-0.39, 0.29) is 5.92 Å². The van der Waals surface area contributed by atoms with Gasteiger partial charge in [0.15, 0.2) is 0 Å². The molecule has 1 unspecified atom stereocenters. The molecule has 1 aromatic carbocycles. The first-order chi connectivity index (χ1) is 10.6.